The summed E-state index contributed by atoms with van der Waals surface area (Å²) in [6.45, 7) is 11.2. The average Bonchev–Trinajstić information content (AvgIpc) is 2.90. The van der Waals surface area contributed by atoms with Crippen molar-refractivity contribution in [2.45, 2.75) is 38.6 Å². The van der Waals surface area contributed by atoms with E-state index < -0.39 is 0 Å². The lowest BCUT2D eigenvalue weighted by Gasteiger charge is -2.42. The van der Waals surface area contributed by atoms with Crippen LogP contribution in [0.4, 0.5) is 5.69 Å². The maximum atomic E-state index is 12.5. The molecule has 8 nitrogen and oxygen atoms in total. The number of carbonyl (C=O) groups is 2. The van der Waals surface area contributed by atoms with E-state index in [2.05, 4.69) is 32.1 Å². The number of nitrogens with zero attached hydrogens (tertiary/aromatic N) is 3. The van der Waals surface area contributed by atoms with E-state index in [9.17, 15) is 9.59 Å². The lowest BCUT2D eigenvalue weighted by Crippen LogP contribution is -2.49. The van der Waals surface area contributed by atoms with Crippen LogP contribution in [0.3, 0.4) is 0 Å². The molecule has 1 N–H and O–H groups in total. The van der Waals surface area contributed by atoms with Crippen molar-refractivity contribution in [1.82, 2.24) is 15.1 Å². The molecular weight excluding hydrogens is 432 g/mol. The summed E-state index contributed by atoms with van der Waals surface area (Å²) in [5.41, 5.74) is 1.88. The van der Waals surface area contributed by atoms with E-state index in [0.29, 0.717) is 24.8 Å². The van der Waals surface area contributed by atoms with Crippen molar-refractivity contribution in [3.8, 4) is 0 Å². The molecule has 1 aromatic rings. The minimum atomic E-state index is -0.0325. The normalized spacial score (nSPS) is 23.0. The molecule has 3 aliphatic heterocycles. The standard InChI is InChI=1S/C26H40N4O4/c1-2-34-26(32)22-4-3-12-30(20-22)24-9-13-29(14-10-24)23-7-5-21(6-8-23)25(31)27-11-15-28-16-18-33-19-17-28/h5-8,22,24H,2-4,9-20H2,1H3,(H,27,31)/t22-/m0/s1. The topological polar surface area (TPSA) is 74.4 Å². The highest BCUT2D eigenvalue weighted by Crippen LogP contribution is 2.27. The van der Waals surface area contributed by atoms with Crippen LogP contribution in [0.1, 0.15) is 43.0 Å². The second-order valence-electron chi connectivity index (χ2n) is 9.56. The third-order valence-corrected chi connectivity index (χ3v) is 7.37. The first-order valence-corrected chi connectivity index (χ1v) is 13.0. The van der Waals surface area contributed by atoms with Gasteiger partial charge in [-0.25, -0.2) is 0 Å². The first kappa shape index (κ1) is 24.9. The lowest BCUT2D eigenvalue weighted by atomic mass is 9.94. The molecule has 0 spiro atoms. The number of amides is 1. The molecule has 4 rings (SSSR count). The Morgan fingerprint density at radius 2 is 1.76 bits per heavy atom. The molecule has 0 unspecified atom stereocenters. The number of hydrogen-bond acceptors (Lipinski definition) is 7. The minimum Gasteiger partial charge on any atom is -0.466 e. The fraction of sp³-hybridized carbons (Fsp3) is 0.692. The van der Waals surface area contributed by atoms with Crippen LogP contribution >= 0.6 is 0 Å². The van der Waals surface area contributed by atoms with Crippen LogP contribution in [0.2, 0.25) is 0 Å². The summed E-state index contributed by atoms with van der Waals surface area (Å²) in [6.07, 6.45) is 4.21. The highest BCUT2D eigenvalue weighted by Gasteiger charge is 2.32. The molecule has 0 radical (unpaired) electrons. The largest absolute Gasteiger partial charge is 0.466 e. The highest BCUT2D eigenvalue weighted by atomic mass is 16.5. The average molecular weight is 473 g/mol. The fourth-order valence-electron chi connectivity index (χ4n) is 5.36. The molecule has 3 aliphatic rings. The van der Waals surface area contributed by atoms with Crippen LogP contribution in [-0.4, -0.2) is 99.9 Å². The van der Waals surface area contributed by atoms with Crippen LogP contribution in [0.25, 0.3) is 0 Å². The van der Waals surface area contributed by atoms with Gasteiger partial charge in [-0.15, -0.1) is 0 Å². The van der Waals surface area contributed by atoms with Crippen LogP contribution in [0.15, 0.2) is 24.3 Å². The second kappa shape index (κ2) is 12.5. The third kappa shape index (κ3) is 6.71. The van der Waals surface area contributed by atoms with Gasteiger partial charge in [0.05, 0.1) is 25.7 Å². The van der Waals surface area contributed by atoms with E-state index in [1.165, 1.54) is 5.69 Å². The van der Waals surface area contributed by atoms with Gasteiger partial charge in [0.15, 0.2) is 0 Å². The van der Waals surface area contributed by atoms with Gasteiger partial charge in [0.2, 0.25) is 0 Å². The number of carbonyl (C=O) groups excluding carboxylic acids is 2. The van der Waals surface area contributed by atoms with Crippen LogP contribution in [0, 0.1) is 5.92 Å². The summed E-state index contributed by atoms with van der Waals surface area (Å²) >= 11 is 0. The molecule has 3 saturated heterocycles. The van der Waals surface area contributed by atoms with E-state index in [-0.39, 0.29) is 17.8 Å². The SMILES string of the molecule is CCOC(=O)[C@H]1CCCN(C2CCN(c3ccc(C(=O)NCCN4CCOCC4)cc3)CC2)C1. The van der Waals surface area contributed by atoms with Gasteiger partial charge in [-0.05, 0) is 63.4 Å². The summed E-state index contributed by atoms with van der Waals surface area (Å²) in [5.74, 6) is -0.0195. The maximum absolute atomic E-state index is 12.5. The Bertz CT molecular complexity index is 788. The number of morpholine rings is 1. The molecule has 188 valence electrons. The van der Waals surface area contributed by atoms with Gasteiger partial charge < -0.3 is 19.7 Å². The predicted octanol–water partition coefficient (Wildman–Crippen LogP) is 1.99. The van der Waals surface area contributed by atoms with Crippen LogP contribution in [0.5, 0.6) is 0 Å². The maximum Gasteiger partial charge on any atom is 0.310 e. The van der Waals surface area contributed by atoms with Gasteiger partial charge >= 0.3 is 5.97 Å². The molecule has 1 amide bonds. The van der Waals surface area contributed by atoms with Crippen molar-refractivity contribution >= 4 is 17.6 Å². The number of nitrogens with one attached hydrogen (secondary N) is 1. The Labute approximate surface area is 203 Å². The minimum absolute atomic E-state index is 0.0141. The number of rotatable bonds is 8. The van der Waals surface area contributed by atoms with E-state index in [1.54, 1.807) is 0 Å². The summed E-state index contributed by atoms with van der Waals surface area (Å²) in [4.78, 5) is 31.9. The zero-order valence-electron chi connectivity index (χ0n) is 20.5. The summed E-state index contributed by atoms with van der Waals surface area (Å²) in [5, 5.41) is 3.03. The number of hydrogen-bond donors (Lipinski definition) is 1. The number of likely N-dealkylation sites (tertiary alicyclic amines) is 1. The van der Waals surface area contributed by atoms with Crippen molar-refractivity contribution in [2.24, 2.45) is 5.92 Å². The molecule has 0 bridgehead atoms. The number of ether oxygens (including phenoxy) is 2. The zero-order chi connectivity index (χ0) is 23.8. The summed E-state index contributed by atoms with van der Waals surface area (Å²) in [6, 6.07) is 8.52. The van der Waals surface area contributed by atoms with Gasteiger partial charge in [-0.1, -0.05) is 0 Å². The number of benzene rings is 1. The van der Waals surface area contributed by atoms with Crippen molar-refractivity contribution < 1.29 is 19.1 Å². The molecule has 3 fully saturated rings. The van der Waals surface area contributed by atoms with E-state index in [0.717, 1.165) is 84.7 Å². The van der Waals surface area contributed by atoms with E-state index >= 15 is 0 Å². The quantitative estimate of drug-likeness (QED) is 0.580. The first-order valence-electron chi connectivity index (χ1n) is 13.0. The van der Waals surface area contributed by atoms with Gasteiger partial charge in [0, 0.05) is 63.1 Å². The first-order chi connectivity index (χ1) is 16.6. The lowest BCUT2D eigenvalue weighted by molar-refractivity contribution is -0.150. The summed E-state index contributed by atoms with van der Waals surface area (Å²) in [7, 11) is 0. The molecule has 3 heterocycles. The van der Waals surface area contributed by atoms with Gasteiger partial charge in [-0.3, -0.25) is 19.4 Å². The third-order valence-electron chi connectivity index (χ3n) is 7.37. The second-order valence-corrected chi connectivity index (χ2v) is 9.56. The Balaban J connectivity index is 1.20. The number of piperidine rings is 2. The van der Waals surface area contributed by atoms with Crippen LogP contribution < -0.4 is 10.2 Å². The Kier molecular flexibility index (Phi) is 9.18. The van der Waals surface area contributed by atoms with Crippen molar-refractivity contribution in [2.75, 3.05) is 77.1 Å². The molecule has 0 saturated carbocycles. The van der Waals surface area contributed by atoms with E-state index in [4.69, 9.17) is 9.47 Å². The molecule has 1 atom stereocenters. The Hall–Kier alpha value is -2.16. The van der Waals surface area contributed by atoms with Gasteiger partial charge in [0.25, 0.3) is 5.91 Å². The molecule has 1 aromatic carbocycles. The molecule has 8 heteroatoms. The van der Waals surface area contributed by atoms with Crippen molar-refractivity contribution in [3.63, 3.8) is 0 Å². The molecule has 34 heavy (non-hydrogen) atoms. The Morgan fingerprint density at radius 3 is 2.47 bits per heavy atom. The summed E-state index contributed by atoms with van der Waals surface area (Å²) < 4.78 is 10.6. The number of esters is 1. The van der Waals surface area contributed by atoms with Crippen LogP contribution in [-0.2, 0) is 14.3 Å². The van der Waals surface area contributed by atoms with Gasteiger partial charge in [0.1, 0.15) is 0 Å². The smallest absolute Gasteiger partial charge is 0.310 e. The molecule has 0 aliphatic carbocycles. The number of anilines is 1. The van der Waals surface area contributed by atoms with Crippen molar-refractivity contribution in [3.05, 3.63) is 29.8 Å². The predicted molar refractivity (Wildman–Crippen MR) is 132 cm³/mol. The van der Waals surface area contributed by atoms with E-state index in [1.807, 2.05) is 19.1 Å². The van der Waals surface area contributed by atoms with Crippen molar-refractivity contribution in [1.29, 1.82) is 0 Å². The molecular formula is C26H40N4O4. The van der Waals surface area contributed by atoms with Gasteiger partial charge in [-0.2, -0.15) is 0 Å². The highest BCUT2D eigenvalue weighted by molar-refractivity contribution is 5.94. The Morgan fingerprint density at radius 1 is 1.03 bits per heavy atom. The fourth-order valence-corrected chi connectivity index (χ4v) is 5.36. The zero-order valence-corrected chi connectivity index (χ0v) is 20.5. The molecule has 0 aromatic heterocycles. The monoisotopic (exact) mass is 472 g/mol.